The molecule has 23 heavy (non-hydrogen) atoms. The summed E-state index contributed by atoms with van der Waals surface area (Å²) in [5, 5.41) is 6.72. The van der Waals surface area contributed by atoms with E-state index in [2.05, 4.69) is 54.4 Å². The van der Waals surface area contributed by atoms with E-state index in [1.807, 2.05) is 12.4 Å². The number of rotatable bonds is 9. The quantitative estimate of drug-likeness (QED) is 0.269. The van der Waals surface area contributed by atoms with Gasteiger partial charge >= 0.3 is 0 Å². The molecule has 0 amide bonds. The fourth-order valence-electron chi connectivity index (χ4n) is 2.30. The summed E-state index contributed by atoms with van der Waals surface area (Å²) < 4.78 is 0. The van der Waals surface area contributed by atoms with Gasteiger partial charge in [-0.25, -0.2) is 0 Å². The Balaban J connectivity index is 0.00000484. The lowest BCUT2D eigenvalue weighted by Gasteiger charge is -2.12. The van der Waals surface area contributed by atoms with Crippen LogP contribution >= 0.6 is 24.0 Å². The number of aryl methyl sites for hydroxylation is 1. The zero-order valence-corrected chi connectivity index (χ0v) is 17.4. The molecule has 1 rings (SSSR count). The van der Waals surface area contributed by atoms with Crippen LogP contribution in [0.3, 0.4) is 0 Å². The van der Waals surface area contributed by atoms with E-state index >= 15 is 0 Å². The van der Waals surface area contributed by atoms with E-state index in [-0.39, 0.29) is 24.0 Å². The molecule has 0 aliphatic carbocycles. The SMILES string of the molecule is CCNC(=NCCCCC(C)C)NCCc1ccncc1C.I. The van der Waals surface area contributed by atoms with E-state index in [1.54, 1.807) is 0 Å². The minimum Gasteiger partial charge on any atom is -0.357 e. The largest absolute Gasteiger partial charge is 0.357 e. The van der Waals surface area contributed by atoms with Gasteiger partial charge in [0, 0.05) is 32.0 Å². The molecule has 1 aromatic rings. The molecule has 0 fully saturated rings. The van der Waals surface area contributed by atoms with Crippen LogP contribution in [0, 0.1) is 12.8 Å². The van der Waals surface area contributed by atoms with Crippen molar-refractivity contribution in [1.29, 1.82) is 0 Å². The lowest BCUT2D eigenvalue weighted by atomic mass is 10.1. The predicted molar refractivity (Wildman–Crippen MR) is 111 cm³/mol. The van der Waals surface area contributed by atoms with Crippen molar-refractivity contribution in [2.75, 3.05) is 19.6 Å². The third-order valence-corrected chi connectivity index (χ3v) is 3.63. The van der Waals surface area contributed by atoms with Gasteiger partial charge < -0.3 is 10.6 Å². The van der Waals surface area contributed by atoms with Gasteiger partial charge in [-0.05, 0) is 49.8 Å². The molecule has 0 saturated heterocycles. The molecule has 0 aromatic carbocycles. The average molecular weight is 432 g/mol. The first-order chi connectivity index (χ1) is 10.6. The van der Waals surface area contributed by atoms with Crippen LogP contribution < -0.4 is 10.6 Å². The van der Waals surface area contributed by atoms with Gasteiger partial charge in [-0.1, -0.05) is 26.7 Å². The summed E-state index contributed by atoms with van der Waals surface area (Å²) in [6.45, 7) is 11.4. The zero-order valence-electron chi connectivity index (χ0n) is 15.1. The van der Waals surface area contributed by atoms with Crippen molar-refractivity contribution < 1.29 is 0 Å². The third kappa shape index (κ3) is 10.5. The highest BCUT2D eigenvalue weighted by Crippen LogP contribution is 2.06. The molecule has 1 aromatic heterocycles. The molecule has 1 heterocycles. The molecule has 4 nitrogen and oxygen atoms in total. The average Bonchev–Trinajstić information content (AvgIpc) is 2.48. The zero-order chi connectivity index (χ0) is 16.2. The first-order valence-electron chi connectivity index (χ1n) is 8.55. The Kier molecular flexibility index (Phi) is 13.1. The number of aromatic nitrogens is 1. The summed E-state index contributed by atoms with van der Waals surface area (Å²) in [6.07, 6.45) is 8.49. The molecular formula is C18H33IN4. The Morgan fingerprint density at radius 1 is 1.26 bits per heavy atom. The standard InChI is InChI=1S/C18H32N4.HI/c1-5-20-18(21-11-7-6-8-15(2)3)22-13-10-17-9-12-19-14-16(17)4;/h9,12,14-15H,5-8,10-11,13H2,1-4H3,(H2,20,21,22);1H. The summed E-state index contributed by atoms with van der Waals surface area (Å²) in [5.74, 6) is 1.72. The van der Waals surface area contributed by atoms with Crippen LogP contribution in [0.5, 0.6) is 0 Å². The third-order valence-electron chi connectivity index (χ3n) is 3.63. The maximum Gasteiger partial charge on any atom is 0.191 e. The number of unbranched alkanes of at least 4 members (excludes halogenated alkanes) is 1. The lowest BCUT2D eigenvalue weighted by molar-refractivity contribution is 0.541. The van der Waals surface area contributed by atoms with Crippen molar-refractivity contribution >= 4 is 29.9 Å². The van der Waals surface area contributed by atoms with Gasteiger partial charge in [0.1, 0.15) is 0 Å². The molecule has 2 N–H and O–H groups in total. The van der Waals surface area contributed by atoms with Gasteiger partial charge in [0.25, 0.3) is 0 Å². The topological polar surface area (TPSA) is 49.3 Å². The molecule has 0 bridgehead atoms. The minimum atomic E-state index is 0. The Morgan fingerprint density at radius 2 is 2.04 bits per heavy atom. The van der Waals surface area contributed by atoms with Crippen LogP contribution in [-0.4, -0.2) is 30.6 Å². The molecule has 0 unspecified atom stereocenters. The molecular weight excluding hydrogens is 399 g/mol. The number of guanidine groups is 1. The second-order valence-corrected chi connectivity index (χ2v) is 6.13. The summed E-state index contributed by atoms with van der Waals surface area (Å²) in [6, 6.07) is 2.09. The second-order valence-electron chi connectivity index (χ2n) is 6.13. The number of nitrogens with one attached hydrogen (secondary N) is 2. The molecule has 0 aliphatic heterocycles. The van der Waals surface area contributed by atoms with Crippen molar-refractivity contribution in [3.05, 3.63) is 29.6 Å². The highest BCUT2D eigenvalue weighted by atomic mass is 127. The molecule has 0 radical (unpaired) electrons. The van der Waals surface area contributed by atoms with Crippen molar-refractivity contribution in [3.63, 3.8) is 0 Å². The number of nitrogens with zero attached hydrogens (tertiary/aromatic N) is 2. The van der Waals surface area contributed by atoms with Crippen LogP contribution in [0.15, 0.2) is 23.5 Å². The summed E-state index contributed by atoms with van der Waals surface area (Å²) in [4.78, 5) is 8.78. The fraction of sp³-hybridized carbons (Fsp3) is 0.667. The Morgan fingerprint density at radius 3 is 2.70 bits per heavy atom. The highest BCUT2D eigenvalue weighted by molar-refractivity contribution is 14.0. The lowest BCUT2D eigenvalue weighted by Crippen LogP contribution is -2.38. The monoisotopic (exact) mass is 432 g/mol. The number of halogens is 1. The van der Waals surface area contributed by atoms with E-state index in [0.717, 1.165) is 44.4 Å². The highest BCUT2D eigenvalue weighted by Gasteiger charge is 2.00. The van der Waals surface area contributed by atoms with Crippen LogP contribution in [0.4, 0.5) is 0 Å². The van der Waals surface area contributed by atoms with Gasteiger partial charge in [-0.15, -0.1) is 24.0 Å². The molecule has 0 aliphatic rings. The molecule has 0 atom stereocenters. The summed E-state index contributed by atoms with van der Waals surface area (Å²) >= 11 is 0. The fourth-order valence-corrected chi connectivity index (χ4v) is 2.30. The number of pyridine rings is 1. The van der Waals surface area contributed by atoms with E-state index in [9.17, 15) is 0 Å². The normalized spacial score (nSPS) is 11.3. The summed E-state index contributed by atoms with van der Waals surface area (Å²) in [7, 11) is 0. The summed E-state index contributed by atoms with van der Waals surface area (Å²) in [5.41, 5.74) is 2.59. The van der Waals surface area contributed by atoms with Crippen molar-refractivity contribution in [3.8, 4) is 0 Å². The van der Waals surface area contributed by atoms with Crippen molar-refractivity contribution in [2.45, 2.75) is 53.4 Å². The van der Waals surface area contributed by atoms with Crippen molar-refractivity contribution in [2.24, 2.45) is 10.9 Å². The second kappa shape index (κ2) is 13.6. The number of hydrogen-bond donors (Lipinski definition) is 2. The van der Waals surface area contributed by atoms with Gasteiger partial charge in [-0.2, -0.15) is 0 Å². The predicted octanol–water partition coefficient (Wildman–Crippen LogP) is 3.93. The maximum atomic E-state index is 4.65. The molecule has 5 heteroatoms. The van der Waals surface area contributed by atoms with Crippen LogP contribution in [0.1, 0.15) is 51.2 Å². The van der Waals surface area contributed by atoms with Crippen molar-refractivity contribution in [1.82, 2.24) is 15.6 Å². The van der Waals surface area contributed by atoms with Gasteiger partial charge in [0.2, 0.25) is 0 Å². The van der Waals surface area contributed by atoms with E-state index in [0.29, 0.717) is 0 Å². The van der Waals surface area contributed by atoms with E-state index in [1.165, 1.54) is 24.0 Å². The van der Waals surface area contributed by atoms with Gasteiger partial charge in [-0.3, -0.25) is 9.98 Å². The van der Waals surface area contributed by atoms with Crippen LogP contribution in [0.2, 0.25) is 0 Å². The van der Waals surface area contributed by atoms with Gasteiger partial charge in [0.05, 0.1) is 0 Å². The Bertz CT molecular complexity index is 446. The maximum absolute atomic E-state index is 4.65. The number of aliphatic imine (C=N–C) groups is 1. The first kappa shape index (κ1) is 22.1. The molecule has 132 valence electrons. The molecule has 0 saturated carbocycles. The first-order valence-corrected chi connectivity index (χ1v) is 8.55. The van der Waals surface area contributed by atoms with E-state index < -0.39 is 0 Å². The number of hydrogen-bond acceptors (Lipinski definition) is 2. The minimum absolute atomic E-state index is 0. The Hall–Kier alpha value is -0.850. The van der Waals surface area contributed by atoms with Crippen LogP contribution in [-0.2, 0) is 6.42 Å². The van der Waals surface area contributed by atoms with Gasteiger partial charge in [0.15, 0.2) is 5.96 Å². The van der Waals surface area contributed by atoms with E-state index in [4.69, 9.17) is 0 Å². The van der Waals surface area contributed by atoms with Crippen LogP contribution in [0.25, 0.3) is 0 Å². The molecule has 0 spiro atoms. The Labute approximate surface area is 159 Å². The smallest absolute Gasteiger partial charge is 0.191 e.